The van der Waals surface area contributed by atoms with Gasteiger partial charge in [-0.25, -0.2) is 0 Å². The molecular weight excluding hydrogens is 236 g/mol. The van der Waals surface area contributed by atoms with Gasteiger partial charge in [-0.3, -0.25) is 4.90 Å². The van der Waals surface area contributed by atoms with E-state index in [9.17, 15) is 0 Å². The molecule has 1 atom stereocenters. The van der Waals surface area contributed by atoms with E-state index in [1.54, 1.807) is 0 Å². The van der Waals surface area contributed by atoms with Gasteiger partial charge >= 0.3 is 0 Å². The minimum absolute atomic E-state index is 0.263. The zero-order valence-electron chi connectivity index (χ0n) is 13.2. The summed E-state index contributed by atoms with van der Waals surface area (Å²) in [6.45, 7) is 14.9. The lowest BCUT2D eigenvalue weighted by Gasteiger charge is -2.46. The summed E-state index contributed by atoms with van der Waals surface area (Å²) in [6.07, 6.45) is 3.81. The summed E-state index contributed by atoms with van der Waals surface area (Å²) in [6, 6.07) is 0.718. The molecule has 1 unspecified atom stereocenters. The third-order valence-corrected chi connectivity index (χ3v) is 4.51. The molecule has 19 heavy (non-hydrogen) atoms. The Morgan fingerprint density at radius 1 is 1.26 bits per heavy atom. The minimum atomic E-state index is 0.263. The van der Waals surface area contributed by atoms with Crippen molar-refractivity contribution in [3.8, 4) is 0 Å². The molecule has 0 radical (unpaired) electrons. The van der Waals surface area contributed by atoms with Crippen LogP contribution >= 0.6 is 0 Å². The number of rotatable bonds is 4. The van der Waals surface area contributed by atoms with Gasteiger partial charge in [-0.15, -0.1) is 0 Å². The molecule has 112 valence electrons. The van der Waals surface area contributed by atoms with E-state index in [1.807, 2.05) is 0 Å². The van der Waals surface area contributed by atoms with E-state index in [4.69, 9.17) is 4.74 Å². The summed E-state index contributed by atoms with van der Waals surface area (Å²) in [4.78, 5) is 2.76. The van der Waals surface area contributed by atoms with Crippen LogP contribution in [0, 0.1) is 11.8 Å². The van der Waals surface area contributed by atoms with Crippen molar-refractivity contribution in [3.63, 3.8) is 0 Å². The number of piperazine rings is 1. The normalized spacial score (nSPS) is 29.8. The van der Waals surface area contributed by atoms with Gasteiger partial charge in [-0.1, -0.05) is 13.8 Å². The smallest absolute Gasteiger partial charge is 0.0469 e. The fourth-order valence-corrected chi connectivity index (χ4v) is 3.47. The maximum Gasteiger partial charge on any atom is 0.0469 e. The van der Waals surface area contributed by atoms with Crippen molar-refractivity contribution in [2.75, 3.05) is 32.8 Å². The third-order valence-electron chi connectivity index (χ3n) is 4.51. The molecule has 2 aliphatic heterocycles. The van der Waals surface area contributed by atoms with Crippen molar-refractivity contribution < 1.29 is 4.74 Å². The topological polar surface area (TPSA) is 24.5 Å². The van der Waals surface area contributed by atoms with Crippen LogP contribution in [0.25, 0.3) is 0 Å². The van der Waals surface area contributed by atoms with E-state index in [1.165, 1.54) is 32.4 Å². The Morgan fingerprint density at radius 2 is 1.95 bits per heavy atom. The lowest BCUT2D eigenvalue weighted by Crippen LogP contribution is -2.62. The Balaban J connectivity index is 1.93. The lowest BCUT2D eigenvalue weighted by molar-refractivity contribution is 0.0228. The molecule has 0 spiro atoms. The standard InChI is InChI=1S/C16H32N2O/c1-13(2)9-15-10-17-16(3,4)12-18(15)11-14-5-7-19-8-6-14/h13-15,17H,5-12H2,1-4H3. The maximum atomic E-state index is 5.49. The first-order valence-corrected chi connectivity index (χ1v) is 8.03. The van der Waals surface area contributed by atoms with Crippen molar-refractivity contribution in [2.24, 2.45) is 11.8 Å². The van der Waals surface area contributed by atoms with Crippen LogP contribution < -0.4 is 5.32 Å². The first kappa shape index (κ1) is 15.3. The van der Waals surface area contributed by atoms with E-state index < -0.39 is 0 Å². The Hall–Kier alpha value is -0.120. The summed E-state index contributed by atoms with van der Waals surface area (Å²) in [7, 11) is 0. The summed E-state index contributed by atoms with van der Waals surface area (Å²) >= 11 is 0. The molecule has 2 saturated heterocycles. The zero-order chi connectivity index (χ0) is 13.9. The van der Waals surface area contributed by atoms with Gasteiger partial charge in [0.15, 0.2) is 0 Å². The predicted octanol–water partition coefficient (Wildman–Crippen LogP) is 2.51. The molecule has 0 saturated carbocycles. The quantitative estimate of drug-likeness (QED) is 0.848. The Kier molecular flexibility index (Phi) is 5.27. The van der Waals surface area contributed by atoms with Crippen molar-refractivity contribution in [3.05, 3.63) is 0 Å². The highest BCUT2D eigenvalue weighted by molar-refractivity contribution is 4.93. The van der Waals surface area contributed by atoms with Crippen LogP contribution in [0.4, 0.5) is 0 Å². The van der Waals surface area contributed by atoms with Crippen molar-refractivity contribution in [2.45, 2.75) is 58.5 Å². The molecule has 0 amide bonds. The fourth-order valence-electron chi connectivity index (χ4n) is 3.47. The van der Waals surface area contributed by atoms with E-state index in [-0.39, 0.29) is 5.54 Å². The van der Waals surface area contributed by atoms with Crippen LogP contribution in [-0.4, -0.2) is 49.3 Å². The SMILES string of the molecule is CC(C)CC1CNC(C)(C)CN1CC1CCOCC1. The Morgan fingerprint density at radius 3 is 2.58 bits per heavy atom. The molecule has 2 fully saturated rings. The maximum absolute atomic E-state index is 5.49. The molecule has 0 aliphatic carbocycles. The van der Waals surface area contributed by atoms with E-state index >= 15 is 0 Å². The summed E-state index contributed by atoms with van der Waals surface area (Å²) in [5.41, 5.74) is 0.263. The largest absolute Gasteiger partial charge is 0.381 e. The molecule has 3 nitrogen and oxygen atoms in total. The molecule has 2 aliphatic rings. The fraction of sp³-hybridized carbons (Fsp3) is 1.00. The van der Waals surface area contributed by atoms with E-state index in [2.05, 4.69) is 37.9 Å². The summed E-state index contributed by atoms with van der Waals surface area (Å²) < 4.78 is 5.49. The monoisotopic (exact) mass is 268 g/mol. The molecular formula is C16H32N2O. The number of hydrogen-bond donors (Lipinski definition) is 1. The van der Waals surface area contributed by atoms with Gasteiger partial charge < -0.3 is 10.1 Å². The van der Waals surface area contributed by atoms with Gasteiger partial charge in [0.2, 0.25) is 0 Å². The third kappa shape index (κ3) is 4.73. The molecule has 3 heteroatoms. The van der Waals surface area contributed by atoms with Crippen LogP contribution in [-0.2, 0) is 4.74 Å². The Labute approximate surface area is 119 Å². The van der Waals surface area contributed by atoms with Crippen molar-refractivity contribution in [1.29, 1.82) is 0 Å². The van der Waals surface area contributed by atoms with Gasteiger partial charge in [0, 0.05) is 44.4 Å². The minimum Gasteiger partial charge on any atom is -0.381 e. The molecule has 0 aromatic heterocycles. The molecule has 2 rings (SSSR count). The molecule has 0 bridgehead atoms. The van der Waals surface area contributed by atoms with Crippen LogP contribution in [0.15, 0.2) is 0 Å². The lowest BCUT2D eigenvalue weighted by atomic mass is 9.91. The van der Waals surface area contributed by atoms with Gasteiger partial charge in [0.25, 0.3) is 0 Å². The number of nitrogens with one attached hydrogen (secondary N) is 1. The van der Waals surface area contributed by atoms with Crippen LogP contribution in [0.3, 0.4) is 0 Å². The van der Waals surface area contributed by atoms with E-state index in [0.29, 0.717) is 0 Å². The number of nitrogens with zero attached hydrogens (tertiary/aromatic N) is 1. The molecule has 0 aromatic carbocycles. The second kappa shape index (κ2) is 6.55. The Bertz CT molecular complexity index is 272. The highest BCUT2D eigenvalue weighted by Gasteiger charge is 2.33. The van der Waals surface area contributed by atoms with Gasteiger partial charge in [0.05, 0.1) is 0 Å². The molecule has 2 heterocycles. The predicted molar refractivity (Wildman–Crippen MR) is 80.4 cm³/mol. The van der Waals surface area contributed by atoms with E-state index in [0.717, 1.165) is 37.6 Å². The first-order valence-electron chi connectivity index (χ1n) is 8.03. The summed E-state index contributed by atoms with van der Waals surface area (Å²) in [5, 5.41) is 3.71. The second-order valence-corrected chi connectivity index (χ2v) is 7.53. The average Bonchev–Trinajstić information content (AvgIpc) is 2.33. The average molecular weight is 268 g/mol. The summed E-state index contributed by atoms with van der Waals surface area (Å²) in [5.74, 6) is 1.63. The number of hydrogen-bond acceptors (Lipinski definition) is 3. The van der Waals surface area contributed by atoms with Crippen LogP contribution in [0.5, 0.6) is 0 Å². The van der Waals surface area contributed by atoms with Crippen LogP contribution in [0.2, 0.25) is 0 Å². The first-order chi connectivity index (χ1) is 8.96. The van der Waals surface area contributed by atoms with Gasteiger partial charge in [0.1, 0.15) is 0 Å². The highest BCUT2D eigenvalue weighted by Crippen LogP contribution is 2.24. The molecule has 1 N–H and O–H groups in total. The van der Waals surface area contributed by atoms with Gasteiger partial charge in [-0.05, 0) is 44.9 Å². The highest BCUT2D eigenvalue weighted by atomic mass is 16.5. The van der Waals surface area contributed by atoms with Crippen molar-refractivity contribution >= 4 is 0 Å². The number of ether oxygens (including phenoxy) is 1. The molecule has 0 aromatic rings. The van der Waals surface area contributed by atoms with Crippen LogP contribution in [0.1, 0.15) is 47.0 Å². The van der Waals surface area contributed by atoms with Gasteiger partial charge in [-0.2, -0.15) is 0 Å². The zero-order valence-corrected chi connectivity index (χ0v) is 13.2. The van der Waals surface area contributed by atoms with Crippen molar-refractivity contribution in [1.82, 2.24) is 10.2 Å². The second-order valence-electron chi connectivity index (χ2n) is 7.53.